The van der Waals surface area contributed by atoms with Crippen LogP contribution in [0.2, 0.25) is 0 Å². The fourth-order valence-corrected chi connectivity index (χ4v) is 0.793. The summed E-state index contributed by atoms with van der Waals surface area (Å²) in [6.45, 7) is 0.129. The standard InChI is InChI=1S/C7H10N4O/c1-11(5-6(8)12)7-9-3-2-4-10-7/h2-4H,5H2,1H3,(H2,8,12). The van der Waals surface area contributed by atoms with Crippen LogP contribution in [0.4, 0.5) is 5.95 Å². The Morgan fingerprint density at radius 2 is 2.17 bits per heavy atom. The Bertz CT molecular complexity index is 261. The molecule has 0 atom stereocenters. The second-order valence-corrected chi connectivity index (χ2v) is 2.37. The van der Waals surface area contributed by atoms with E-state index in [9.17, 15) is 4.79 Å². The van der Waals surface area contributed by atoms with E-state index in [0.717, 1.165) is 0 Å². The van der Waals surface area contributed by atoms with E-state index >= 15 is 0 Å². The molecule has 0 aromatic carbocycles. The number of rotatable bonds is 3. The van der Waals surface area contributed by atoms with Crippen molar-refractivity contribution in [1.29, 1.82) is 0 Å². The van der Waals surface area contributed by atoms with Gasteiger partial charge < -0.3 is 10.6 Å². The zero-order chi connectivity index (χ0) is 8.97. The number of anilines is 1. The van der Waals surface area contributed by atoms with Gasteiger partial charge in [0.15, 0.2) is 0 Å². The molecule has 64 valence electrons. The maximum absolute atomic E-state index is 10.5. The van der Waals surface area contributed by atoms with Crippen molar-refractivity contribution < 1.29 is 4.79 Å². The van der Waals surface area contributed by atoms with Gasteiger partial charge in [-0.2, -0.15) is 0 Å². The van der Waals surface area contributed by atoms with Gasteiger partial charge in [-0.25, -0.2) is 9.97 Å². The first-order valence-corrected chi connectivity index (χ1v) is 3.46. The van der Waals surface area contributed by atoms with Crippen LogP contribution in [0.5, 0.6) is 0 Å². The molecule has 5 heteroatoms. The Labute approximate surface area is 70.2 Å². The predicted molar refractivity (Wildman–Crippen MR) is 44.5 cm³/mol. The normalized spacial score (nSPS) is 9.42. The Kier molecular flexibility index (Phi) is 2.57. The van der Waals surface area contributed by atoms with Crippen molar-refractivity contribution in [2.45, 2.75) is 0 Å². The first-order valence-electron chi connectivity index (χ1n) is 3.46. The van der Waals surface area contributed by atoms with Crippen LogP contribution in [0, 0.1) is 0 Å². The highest BCUT2D eigenvalue weighted by Crippen LogP contribution is 1.99. The highest BCUT2D eigenvalue weighted by Gasteiger charge is 2.04. The lowest BCUT2D eigenvalue weighted by molar-refractivity contribution is -0.116. The maximum Gasteiger partial charge on any atom is 0.237 e. The number of primary amides is 1. The number of carbonyl (C=O) groups is 1. The first kappa shape index (κ1) is 8.45. The van der Waals surface area contributed by atoms with E-state index in [1.54, 1.807) is 30.4 Å². The minimum absolute atomic E-state index is 0.129. The van der Waals surface area contributed by atoms with Crippen molar-refractivity contribution in [3.05, 3.63) is 18.5 Å². The smallest absolute Gasteiger partial charge is 0.237 e. The molecule has 0 aliphatic rings. The molecule has 1 aromatic heterocycles. The van der Waals surface area contributed by atoms with Gasteiger partial charge in [0.2, 0.25) is 11.9 Å². The SMILES string of the molecule is CN(CC(N)=O)c1ncccn1. The molecule has 0 radical (unpaired) electrons. The van der Waals surface area contributed by atoms with Crippen molar-refractivity contribution >= 4 is 11.9 Å². The summed E-state index contributed by atoms with van der Waals surface area (Å²) >= 11 is 0. The number of amides is 1. The number of hydrogen-bond donors (Lipinski definition) is 1. The average Bonchev–Trinajstić information content (AvgIpc) is 2.05. The van der Waals surface area contributed by atoms with Crippen molar-refractivity contribution in [2.24, 2.45) is 5.73 Å². The van der Waals surface area contributed by atoms with E-state index in [2.05, 4.69) is 9.97 Å². The summed E-state index contributed by atoms with van der Waals surface area (Å²) in [6, 6.07) is 1.71. The molecule has 0 spiro atoms. The molecule has 1 rings (SSSR count). The van der Waals surface area contributed by atoms with Crippen LogP contribution in [0.25, 0.3) is 0 Å². The molecule has 12 heavy (non-hydrogen) atoms. The van der Waals surface area contributed by atoms with Crippen molar-refractivity contribution in [3.63, 3.8) is 0 Å². The summed E-state index contributed by atoms with van der Waals surface area (Å²) < 4.78 is 0. The number of likely N-dealkylation sites (N-methyl/N-ethyl adjacent to an activating group) is 1. The number of carbonyl (C=O) groups excluding carboxylic acids is 1. The van der Waals surface area contributed by atoms with Crippen molar-refractivity contribution in [1.82, 2.24) is 9.97 Å². The highest BCUT2D eigenvalue weighted by molar-refractivity contribution is 5.78. The molecule has 0 fully saturated rings. The quantitative estimate of drug-likeness (QED) is 0.650. The zero-order valence-electron chi connectivity index (χ0n) is 6.77. The monoisotopic (exact) mass is 166 g/mol. The van der Waals surface area contributed by atoms with E-state index in [1.807, 2.05) is 0 Å². The minimum atomic E-state index is -0.398. The van der Waals surface area contributed by atoms with Crippen LogP contribution < -0.4 is 10.6 Å². The van der Waals surface area contributed by atoms with Crippen LogP contribution >= 0.6 is 0 Å². The van der Waals surface area contributed by atoms with Crippen LogP contribution in [0.3, 0.4) is 0 Å². The van der Waals surface area contributed by atoms with Gasteiger partial charge in [-0.05, 0) is 6.07 Å². The molecule has 1 aromatic rings. The second kappa shape index (κ2) is 3.66. The molecule has 5 nitrogen and oxygen atoms in total. The maximum atomic E-state index is 10.5. The van der Waals surface area contributed by atoms with Gasteiger partial charge in [0, 0.05) is 19.4 Å². The Balaban J connectivity index is 2.65. The van der Waals surface area contributed by atoms with Gasteiger partial charge >= 0.3 is 0 Å². The van der Waals surface area contributed by atoms with Gasteiger partial charge in [0.05, 0.1) is 6.54 Å². The van der Waals surface area contributed by atoms with E-state index < -0.39 is 5.91 Å². The summed E-state index contributed by atoms with van der Waals surface area (Å²) in [5.74, 6) is 0.0984. The Morgan fingerprint density at radius 1 is 1.58 bits per heavy atom. The number of nitrogens with two attached hydrogens (primary N) is 1. The lowest BCUT2D eigenvalue weighted by Crippen LogP contribution is -2.31. The predicted octanol–water partition coefficient (Wildman–Crippen LogP) is -0.602. The van der Waals surface area contributed by atoms with Crippen molar-refractivity contribution in [3.8, 4) is 0 Å². The lowest BCUT2D eigenvalue weighted by Gasteiger charge is -2.13. The molecule has 1 heterocycles. The first-order chi connectivity index (χ1) is 5.70. The van der Waals surface area contributed by atoms with Crippen molar-refractivity contribution in [2.75, 3.05) is 18.5 Å². The lowest BCUT2D eigenvalue weighted by atomic mass is 10.5. The summed E-state index contributed by atoms with van der Waals surface area (Å²) in [5, 5.41) is 0. The number of hydrogen-bond acceptors (Lipinski definition) is 4. The largest absolute Gasteiger partial charge is 0.368 e. The summed E-state index contributed by atoms with van der Waals surface area (Å²) in [5.41, 5.74) is 4.99. The third-order valence-electron chi connectivity index (χ3n) is 1.29. The van der Waals surface area contributed by atoms with Gasteiger partial charge in [0.1, 0.15) is 0 Å². The molecule has 0 saturated carbocycles. The van der Waals surface area contributed by atoms with E-state index in [-0.39, 0.29) is 6.54 Å². The van der Waals surface area contributed by atoms with Gasteiger partial charge in [-0.3, -0.25) is 4.79 Å². The molecule has 1 amide bonds. The summed E-state index contributed by atoms with van der Waals surface area (Å²) in [6.07, 6.45) is 3.22. The molecular weight excluding hydrogens is 156 g/mol. The van der Waals surface area contributed by atoms with E-state index in [4.69, 9.17) is 5.73 Å². The Morgan fingerprint density at radius 3 is 2.67 bits per heavy atom. The molecule has 0 bridgehead atoms. The molecule has 0 aliphatic carbocycles. The van der Waals surface area contributed by atoms with E-state index in [0.29, 0.717) is 5.95 Å². The second-order valence-electron chi connectivity index (χ2n) is 2.37. The van der Waals surface area contributed by atoms with E-state index in [1.165, 1.54) is 0 Å². The van der Waals surface area contributed by atoms with Gasteiger partial charge in [-0.15, -0.1) is 0 Å². The molecule has 0 unspecified atom stereocenters. The third-order valence-corrected chi connectivity index (χ3v) is 1.29. The summed E-state index contributed by atoms with van der Waals surface area (Å²) in [4.78, 5) is 20.0. The van der Waals surface area contributed by atoms with Crippen LogP contribution in [0.15, 0.2) is 18.5 Å². The molecule has 0 saturated heterocycles. The molecular formula is C7H10N4O. The van der Waals surface area contributed by atoms with Gasteiger partial charge in [-0.1, -0.05) is 0 Å². The molecule has 2 N–H and O–H groups in total. The molecule has 0 aliphatic heterocycles. The summed E-state index contributed by atoms with van der Waals surface area (Å²) in [7, 11) is 1.71. The van der Waals surface area contributed by atoms with Crippen LogP contribution in [0.1, 0.15) is 0 Å². The fraction of sp³-hybridized carbons (Fsp3) is 0.286. The topological polar surface area (TPSA) is 72.1 Å². The minimum Gasteiger partial charge on any atom is -0.368 e. The Hall–Kier alpha value is -1.65. The number of aromatic nitrogens is 2. The van der Waals surface area contributed by atoms with Crippen LogP contribution in [-0.2, 0) is 4.79 Å². The van der Waals surface area contributed by atoms with Crippen LogP contribution in [-0.4, -0.2) is 29.5 Å². The highest BCUT2D eigenvalue weighted by atomic mass is 16.1. The zero-order valence-corrected chi connectivity index (χ0v) is 6.77. The third kappa shape index (κ3) is 2.19. The fourth-order valence-electron chi connectivity index (χ4n) is 0.793. The number of nitrogens with zero attached hydrogens (tertiary/aromatic N) is 3. The average molecular weight is 166 g/mol. The van der Waals surface area contributed by atoms with Gasteiger partial charge in [0.25, 0.3) is 0 Å².